The van der Waals surface area contributed by atoms with Gasteiger partial charge in [0.1, 0.15) is 0 Å². The molecule has 0 aromatic heterocycles. The van der Waals surface area contributed by atoms with E-state index in [0.29, 0.717) is 13.2 Å². The van der Waals surface area contributed by atoms with Gasteiger partial charge in [-0.25, -0.2) is 0 Å². The molecular weight excluding hydrogens is 225 g/mol. The Kier molecular flexibility index (Phi) is 8.79. The van der Waals surface area contributed by atoms with Gasteiger partial charge >= 0.3 is 0 Å². The smallest absolute Gasteiger partial charge is 0.211 e. The number of hydrogen-bond donors (Lipinski definition) is 2. The first-order chi connectivity index (χ1) is 7.45. The molecule has 0 aromatic rings. The van der Waals surface area contributed by atoms with E-state index in [2.05, 4.69) is 17.9 Å². The lowest BCUT2D eigenvalue weighted by molar-refractivity contribution is -0.120. The second kappa shape index (κ2) is 8.90. The summed E-state index contributed by atoms with van der Waals surface area (Å²) < 4.78 is 10.7. The third-order valence-corrected chi connectivity index (χ3v) is 1.87. The molecule has 2 radical (unpaired) electrons. The van der Waals surface area contributed by atoms with Crippen LogP contribution in [0.3, 0.4) is 0 Å². The summed E-state index contributed by atoms with van der Waals surface area (Å²) >= 11 is 4.09. The second-order valence-corrected chi connectivity index (χ2v) is 4.51. The Morgan fingerprint density at radius 2 is 1.88 bits per heavy atom. The molecule has 0 heterocycles. The van der Waals surface area contributed by atoms with Crippen LogP contribution in [0.25, 0.3) is 0 Å². The summed E-state index contributed by atoms with van der Waals surface area (Å²) in [6, 6.07) is -0.187. The standard InChI is InChI=1S/C10H20BNO3S/c1-7(2)14-5-9(6-15-8(3)16)12-10(13)4-11/h7-9,16H,4-6H2,1-3H3,(H,12,13). The van der Waals surface area contributed by atoms with Gasteiger partial charge in [-0.1, -0.05) is 0 Å². The maximum atomic E-state index is 11.1. The SMILES string of the molecule is [B]CC(=O)NC(COC(C)C)COC(C)S. The largest absolute Gasteiger partial charge is 0.377 e. The van der Waals surface area contributed by atoms with Gasteiger partial charge in [0.15, 0.2) is 0 Å². The van der Waals surface area contributed by atoms with E-state index in [-0.39, 0.29) is 29.8 Å². The minimum atomic E-state index is -0.215. The van der Waals surface area contributed by atoms with Crippen LogP contribution in [0.15, 0.2) is 0 Å². The van der Waals surface area contributed by atoms with E-state index in [0.717, 1.165) is 0 Å². The molecule has 1 N–H and O–H groups in total. The Hall–Kier alpha value is -0.195. The second-order valence-electron chi connectivity index (χ2n) is 3.78. The van der Waals surface area contributed by atoms with Gasteiger partial charge in [-0.3, -0.25) is 4.79 Å². The van der Waals surface area contributed by atoms with E-state index in [1.807, 2.05) is 20.8 Å². The number of carbonyl (C=O) groups is 1. The number of thiol groups is 1. The van der Waals surface area contributed by atoms with Gasteiger partial charge < -0.3 is 14.8 Å². The van der Waals surface area contributed by atoms with Crippen molar-refractivity contribution in [2.24, 2.45) is 0 Å². The zero-order valence-corrected chi connectivity index (χ0v) is 11.0. The third kappa shape index (κ3) is 9.06. The predicted octanol–water partition coefficient (Wildman–Crippen LogP) is 0.775. The van der Waals surface area contributed by atoms with E-state index < -0.39 is 0 Å². The van der Waals surface area contributed by atoms with Crippen LogP contribution in [0.2, 0.25) is 6.32 Å². The summed E-state index contributed by atoms with van der Waals surface area (Å²) in [5.74, 6) is -0.215. The maximum Gasteiger partial charge on any atom is 0.211 e. The summed E-state index contributed by atoms with van der Waals surface area (Å²) in [6.07, 6.45) is 0.0833. The number of hydrogen-bond acceptors (Lipinski definition) is 4. The molecule has 0 aliphatic heterocycles. The van der Waals surface area contributed by atoms with Crippen molar-refractivity contribution in [2.75, 3.05) is 13.2 Å². The molecule has 0 aliphatic rings. The van der Waals surface area contributed by atoms with Crippen LogP contribution in [-0.2, 0) is 14.3 Å². The normalized spacial score (nSPS) is 14.8. The molecule has 0 fully saturated rings. The predicted molar refractivity (Wildman–Crippen MR) is 68.0 cm³/mol. The first-order valence-electron chi connectivity index (χ1n) is 5.36. The highest BCUT2D eigenvalue weighted by atomic mass is 32.1. The van der Waals surface area contributed by atoms with Gasteiger partial charge in [-0.15, -0.1) is 12.6 Å². The molecule has 0 rings (SSSR count). The molecule has 6 heteroatoms. The van der Waals surface area contributed by atoms with Crippen LogP contribution in [0.1, 0.15) is 20.8 Å². The van der Waals surface area contributed by atoms with E-state index in [1.54, 1.807) is 0 Å². The lowest BCUT2D eigenvalue weighted by atomic mass is 10.0. The van der Waals surface area contributed by atoms with Gasteiger partial charge in [-0.05, 0) is 27.1 Å². The average Bonchev–Trinajstić information content (AvgIpc) is 2.21. The zero-order chi connectivity index (χ0) is 12.6. The average molecular weight is 245 g/mol. The molecule has 0 aromatic carbocycles. The molecule has 0 aliphatic carbocycles. The third-order valence-electron chi connectivity index (χ3n) is 1.72. The fraction of sp³-hybridized carbons (Fsp3) is 0.900. The highest BCUT2D eigenvalue weighted by Crippen LogP contribution is 1.99. The summed E-state index contributed by atoms with van der Waals surface area (Å²) in [7, 11) is 5.22. The van der Waals surface area contributed by atoms with E-state index >= 15 is 0 Å². The van der Waals surface area contributed by atoms with Gasteiger partial charge in [0, 0.05) is 0 Å². The Labute approximate surface area is 104 Å². The van der Waals surface area contributed by atoms with Crippen molar-refractivity contribution in [1.29, 1.82) is 0 Å². The van der Waals surface area contributed by atoms with Crippen molar-refractivity contribution in [3.8, 4) is 0 Å². The Morgan fingerprint density at radius 3 is 2.31 bits per heavy atom. The Morgan fingerprint density at radius 1 is 1.31 bits per heavy atom. The molecule has 16 heavy (non-hydrogen) atoms. The molecule has 2 unspecified atom stereocenters. The van der Waals surface area contributed by atoms with Crippen LogP contribution >= 0.6 is 12.6 Å². The van der Waals surface area contributed by atoms with Gasteiger partial charge in [0.2, 0.25) is 5.91 Å². The molecule has 0 saturated carbocycles. The quantitative estimate of drug-likeness (QED) is 0.377. The lowest BCUT2D eigenvalue weighted by Crippen LogP contribution is -2.42. The van der Waals surface area contributed by atoms with Crippen LogP contribution in [0.4, 0.5) is 0 Å². The molecule has 0 spiro atoms. The Balaban J connectivity index is 3.99. The molecule has 1 amide bonds. The number of nitrogens with one attached hydrogen (secondary N) is 1. The number of ether oxygens (including phenoxy) is 2. The van der Waals surface area contributed by atoms with Crippen molar-refractivity contribution in [3.63, 3.8) is 0 Å². The van der Waals surface area contributed by atoms with Crippen LogP contribution < -0.4 is 5.32 Å². The van der Waals surface area contributed by atoms with Gasteiger partial charge in [-0.2, -0.15) is 0 Å². The molecular formula is C10H20BNO3S. The van der Waals surface area contributed by atoms with Crippen molar-refractivity contribution in [3.05, 3.63) is 0 Å². The molecule has 0 bridgehead atoms. The minimum absolute atomic E-state index is 0.0331. The molecule has 0 saturated heterocycles. The van der Waals surface area contributed by atoms with Crippen LogP contribution in [0, 0.1) is 0 Å². The Bertz CT molecular complexity index is 191. The summed E-state index contributed by atoms with van der Waals surface area (Å²) in [4.78, 5) is 11.1. The zero-order valence-electron chi connectivity index (χ0n) is 10.1. The number of amides is 1. The van der Waals surface area contributed by atoms with Crippen molar-refractivity contribution >= 4 is 26.4 Å². The van der Waals surface area contributed by atoms with Crippen molar-refractivity contribution in [1.82, 2.24) is 5.32 Å². The number of rotatable bonds is 8. The molecule has 92 valence electrons. The highest BCUT2D eigenvalue weighted by molar-refractivity contribution is 7.80. The van der Waals surface area contributed by atoms with Gasteiger partial charge in [0.05, 0.1) is 38.6 Å². The minimum Gasteiger partial charge on any atom is -0.377 e. The molecule has 2 atom stereocenters. The fourth-order valence-electron chi connectivity index (χ4n) is 0.982. The summed E-state index contributed by atoms with van der Waals surface area (Å²) in [5.41, 5.74) is -0.170. The first-order valence-corrected chi connectivity index (χ1v) is 5.88. The highest BCUT2D eigenvalue weighted by Gasteiger charge is 2.13. The van der Waals surface area contributed by atoms with Crippen molar-refractivity contribution < 1.29 is 14.3 Å². The monoisotopic (exact) mass is 245 g/mol. The maximum absolute atomic E-state index is 11.1. The van der Waals surface area contributed by atoms with Crippen molar-refractivity contribution in [2.45, 2.75) is 44.7 Å². The molecule has 4 nitrogen and oxygen atoms in total. The number of carbonyl (C=O) groups excluding carboxylic acids is 1. The van der Waals surface area contributed by atoms with Gasteiger partial charge in [0.25, 0.3) is 0 Å². The summed E-state index contributed by atoms with van der Waals surface area (Å²) in [5, 5.41) is 2.73. The first kappa shape index (κ1) is 15.8. The van der Waals surface area contributed by atoms with E-state index in [9.17, 15) is 4.79 Å². The lowest BCUT2D eigenvalue weighted by Gasteiger charge is -2.21. The topological polar surface area (TPSA) is 47.6 Å². The van der Waals surface area contributed by atoms with Crippen LogP contribution in [0.5, 0.6) is 0 Å². The van der Waals surface area contributed by atoms with Crippen LogP contribution in [-0.4, -0.2) is 44.5 Å². The van der Waals surface area contributed by atoms with E-state index in [1.165, 1.54) is 0 Å². The fourth-order valence-corrected chi connectivity index (χ4v) is 1.07. The van der Waals surface area contributed by atoms with E-state index in [4.69, 9.17) is 17.3 Å². The summed E-state index contributed by atoms with van der Waals surface area (Å²) in [6.45, 7) is 6.45.